The van der Waals surface area contributed by atoms with Gasteiger partial charge in [0, 0.05) is 24.2 Å². The molecule has 1 aliphatic carbocycles. The van der Waals surface area contributed by atoms with Crippen LogP contribution in [0.15, 0.2) is 18.2 Å². The fourth-order valence-corrected chi connectivity index (χ4v) is 4.76. The van der Waals surface area contributed by atoms with E-state index in [0.717, 1.165) is 67.0 Å². The molecule has 2 heterocycles. The Bertz CT molecular complexity index is 821. The standard InChI is InChI=1S/C21H27N3O5/c1-28-15-9-10-18(29-2)16(12-15)17-8-5-11-22(17)13-23-19(25)20(26)24(21(23)27)14-6-3-4-7-14/h9-10,12,14,17H,3-8,11,13H2,1-2H3/t17-/m0/s1. The molecule has 1 atom stereocenters. The molecule has 1 aromatic carbocycles. The Hall–Kier alpha value is -2.61. The van der Waals surface area contributed by atoms with Gasteiger partial charge in [0.05, 0.1) is 20.9 Å². The number of rotatable bonds is 6. The van der Waals surface area contributed by atoms with E-state index in [2.05, 4.69) is 4.90 Å². The van der Waals surface area contributed by atoms with Crippen LogP contribution in [-0.2, 0) is 9.59 Å². The van der Waals surface area contributed by atoms with Crippen LogP contribution < -0.4 is 9.47 Å². The molecule has 0 N–H and O–H groups in total. The minimum absolute atomic E-state index is 0.0173. The zero-order valence-corrected chi connectivity index (χ0v) is 16.9. The van der Waals surface area contributed by atoms with Crippen molar-refractivity contribution in [3.8, 4) is 11.5 Å². The van der Waals surface area contributed by atoms with E-state index in [-0.39, 0.29) is 18.8 Å². The van der Waals surface area contributed by atoms with Crippen LogP contribution in [0.5, 0.6) is 11.5 Å². The lowest BCUT2D eigenvalue weighted by atomic mass is 10.0. The lowest BCUT2D eigenvalue weighted by Gasteiger charge is -2.29. The fraction of sp³-hybridized carbons (Fsp3) is 0.571. The van der Waals surface area contributed by atoms with Crippen molar-refractivity contribution in [2.24, 2.45) is 0 Å². The number of methoxy groups -OCH3 is 2. The molecule has 0 aromatic heterocycles. The first-order valence-electron chi connectivity index (χ1n) is 10.2. The first-order chi connectivity index (χ1) is 14.0. The molecule has 0 unspecified atom stereocenters. The van der Waals surface area contributed by atoms with Crippen LogP contribution in [0.2, 0.25) is 0 Å². The summed E-state index contributed by atoms with van der Waals surface area (Å²) in [7, 11) is 3.24. The van der Waals surface area contributed by atoms with E-state index in [4.69, 9.17) is 9.47 Å². The molecule has 8 nitrogen and oxygen atoms in total. The Kier molecular flexibility index (Phi) is 5.45. The molecule has 0 bridgehead atoms. The topological polar surface area (TPSA) is 79.4 Å². The second kappa shape index (κ2) is 8.02. The molecule has 156 valence electrons. The third kappa shape index (κ3) is 3.46. The van der Waals surface area contributed by atoms with Crippen LogP contribution in [0.3, 0.4) is 0 Å². The van der Waals surface area contributed by atoms with Crippen molar-refractivity contribution in [3.05, 3.63) is 23.8 Å². The van der Waals surface area contributed by atoms with Crippen LogP contribution in [0, 0.1) is 0 Å². The molecule has 2 saturated heterocycles. The number of imide groups is 2. The molecule has 0 spiro atoms. The summed E-state index contributed by atoms with van der Waals surface area (Å²) in [6.45, 7) is 0.845. The summed E-state index contributed by atoms with van der Waals surface area (Å²) in [5.41, 5.74) is 0.961. The summed E-state index contributed by atoms with van der Waals surface area (Å²) in [5.74, 6) is 0.0655. The molecule has 1 saturated carbocycles. The van der Waals surface area contributed by atoms with Crippen molar-refractivity contribution in [1.29, 1.82) is 0 Å². The van der Waals surface area contributed by atoms with E-state index in [1.165, 1.54) is 4.90 Å². The monoisotopic (exact) mass is 401 g/mol. The minimum Gasteiger partial charge on any atom is -0.497 e. The summed E-state index contributed by atoms with van der Waals surface area (Å²) >= 11 is 0. The molecule has 8 heteroatoms. The predicted molar refractivity (Wildman–Crippen MR) is 104 cm³/mol. The normalized spacial score (nSPS) is 23.5. The highest BCUT2D eigenvalue weighted by Gasteiger charge is 2.49. The van der Waals surface area contributed by atoms with Gasteiger partial charge >= 0.3 is 17.8 Å². The molecule has 0 radical (unpaired) electrons. The van der Waals surface area contributed by atoms with Gasteiger partial charge in [-0.3, -0.25) is 19.4 Å². The van der Waals surface area contributed by atoms with Crippen LogP contribution in [0.1, 0.15) is 50.1 Å². The first kappa shape index (κ1) is 19.7. The largest absolute Gasteiger partial charge is 0.497 e. The van der Waals surface area contributed by atoms with Gasteiger partial charge in [-0.15, -0.1) is 0 Å². The first-order valence-corrected chi connectivity index (χ1v) is 10.2. The molecule has 1 aromatic rings. The Morgan fingerprint density at radius 1 is 0.966 bits per heavy atom. The average Bonchev–Trinajstić information content (AvgIpc) is 3.46. The van der Waals surface area contributed by atoms with Gasteiger partial charge in [0.25, 0.3) is 0 Å². The van der Waals surface area contributed by atoms with E-state index in [1.54, 1.807) is 14.2 Å². The van der Waals surface area contributed by atoms with E-state index in [0.29, 0.717) is 0 Å². The predicted octanol–water partition coefficient (Wildman–Crippen LogP) is 2.53. The van der Waals surface area contributed by atoms with Gasteiger partial charge in [-0.2, -0.15) is 0 Å². The van der Waals surface area contributed by atoms with Crippen LogP contribution in [-0.4, -0.2) is 66.0 Å². The second-order valence-electron chi connectivity index (χ2n) is 7.85. The average molecular weight is 401 g/mol. The number of hydrogen-bond donors (Lipinski definition) is 0. The molecule has 29 heavy (non-hydrogen) atoms. The van der Waals surface area contributed by atoms with Crippen molar-refractivity contribution in [3.63, 3.8) is 0 Å². The van der Waals surface area contributed by atoms with Gasteiger partial charge in [0.15, 0.2) is 0 Å². The summed E-state index contributed by atoms with van der Waals surface area (Å²) in [6.07, 6.45) is 5.35. The number of carbonyl (C=O) groups is 3. The highest BCUT2D eigenvalue weighted by atomic mass is 16.5. The molecule has 4 rings (SSSR count). The number of nitrogens with zero attached hydrogens (tertiary/aromatic N) is 3. The zero-order valence-electron chi connectivity index (χ0n) is 16.9. The van der Waals surface area contributed by atoms with Crippen molar-refractivity contribution < 1.29 is 23.9 Å². The lowest BCUT2D eigenvalue weighted by Crippen LogP contribution is -2.43. The highest BCUT2D eigenvalue weighted by molar-refractivity contribution is 6.44. The van der Waals surface area contributed by atoms with Gasteiger partial charge in [0.2, 0.25) is 0 Å². The van der Waals surface area contributed by atoms with Gasteiger partial charge in [-0.1, -0.05) is 12.8 Å². The van der Waals surface area contributed by atoms with Gasteiger partial charge in [0.1, 0.15) is 11.5 Å². The smallest absolute Gasteiger partial charge is 0.335 e. The lowest BCUT2D eigenvalue weighted by molar-refractivity contribution is -0.144. The summed E-state index contributed by atoms with van der Waals surface area (Å²) in [4.78, 5) is 42.3. The number of likely N-dealkylation sites (tertiary alicyclic amines) is 1. The molecule has 3 fully saturated rings. The maximum Gasteiger partial charge on any atom is 0.335 e. The second-order valence-corrected chi connectivity index (χ2v) is 7.85. The summed E-state index contributed by atoms with van der Waals surface area (Å²) in [6, 6.07) is 5.00. The third-order valence-electron chi connectivity index (χ3n) is 6.26. The molecular weight excluding hydrogens is 374 g/mol. The van der Waals surface area contributed by atoms with Crippen LogP contribution in [0.4, 0.5) is 4.79 Å². The van der Waals surface area contributed by atoms with Crippen molar-refractivity contribution in [1.82, 2.24) is 14.7 Å². The van der Waals surface area contributed by atoms with E-state index in [9.17, 15) is 14.4 Å². The zero-order chi connectivity index (χ0) is 20.5. The van der Waals surface area contributed by atoms with Gasteiger partial charge in [-0.05, 0) is 43.9 Å². The van der Waals surface area contributed by atoms with Crippen molar-refractivity contribution in [2.45, 2.75) is 50.6 Å². The number of hydrogen-bond acceptors (Lipinski definition) is 6. The number of amides is 4. The quantitative estimate of drug-likeness (QED) is 0.538. The Morgan fingerprint density at radius 2 is 1.72 bits per heavy atom. The number of ether oxygens (including phenoxy) is 2. The number of urea groups is 1. The highest BCUT2D eigenvalue weighted by Crippen LogP contribution is 2.39. The Labute approximate surface area is 170 Å². The molecule has 2 aliphatic heterocycles. The Balaban J connectivity index is 1.55. The fourth-order valence-electron chi connectivity index (χ4n) is 4.76. The molecule has 4 amide bonds. The minimum atomic E-state index is -0.717. The van der Waals surface area contributed by atoms with E-state index >= 15 is 0 Å². The van der Waals surface area contributed by atoms with E-state index < -0.39 is 17.8 Å². The van der Waals surface area contributed by atoms with Gasteiger partial charge in [-0.25, -0.2) is 9.69 Å². The SMILES string of the molecule is COc1ccc(OC)c([C@@H]2CCCN2CN2C(=O)C(=O)N(C3CCCC3)C2=O)c1. The Morgan fingerprint density at radius 3 is 2.41 bits per heavy atom. The van der Waals surface area contributed by atoms with Crippen molar-refractivity contribution in [2.75, 3.05) is 27.4 Å². The summed E-state index contributed by atoms with van der Waals surface area (Å²) < 4.78 is 10.9. The maximum atomic E-state index is 12.9. The molecule has 3 aliphatic rings. The number of benzene rings is 1. The van der Waals surface area contributed by atoms with Crippen molar-refractivity contribution >= 4 is 17.8 Å². The maximum absolute atomic E-state index is 12.9. The van der Waals surface area contributed by atoms with Crippen LogP contribution >= 0.6 is 0 Å². The number of carbonyl (C=O) groups excluding carboxylic acids is 3. The van der Waals surface area contributed by atoms with Crippen LogP contribution in [0.25, 0.3) is 0 Å². The van der Waals surface area contributed by atoms with Gasteiger partial charge < -0.3 is 9.47 Å². The summed E-state index contributed by atoms with van der Waals surface area (Å²) in [5, 5.41) is 0. The van der Waals surface area contributed by atoms with E-state index in [1.807, 2.05) is 18.2 Å². The molecular formula is C21H27N3O5. The third-order valence-corrected chi connectivity index (χ3v) is 6.26.